The van der Waals surface area contributed by atoms with E-state index in [1.807, 2.05) is 12.3 Å². The van der Waals surface area contributed by atoms with Crippen molar-refractivity contribution in [2.45, 2.75) is 25.7 Å². The SMILES string of the molecule is CSC(=S)[C@H](CCC(C)=O)c1ccoc1. The van der Waals surface area contributed by atoms with Gasteiger partial charge in [-0.05, 0) is 31.2 Å². The second-order valence-corrected chi connectivity index (χ2v) is 4.92. The first-order valence-corrected chi connectivity index (χ1v) is 6.37. The van der Waals surface area contributed by atoms with E-state index in [-0.39, 0.29) is 11.7 Å². The van der Waals surface area contributed by atoms with E-state index in [0.717, 1.165) is 16.2 Å². The second-order valence-electron chi connectivity index (χ2n) is 3.37. The van der Waals surface area contributed by atoms with Crippen molar-refractivity contribution in [3.8, 4) is 0 Å². The summed E-state index contributed by atoms with van der Waals surface area (Å²) in [7, 11) is 0. The molecule has 4 heteroatoms. The fraction of sp³-hybridized carbons (Fsp3) is 0.455. The zero-order valence-corrected chi connectivity index (χ0v) is 10.5. The minimum atomic E-state index is 0.151. The summed E-state index contributed by atoms with van der Waals surface area (Å²) in [6.07, 6.45) is 6.64. The third-order valence-corrected chi connectivity index (χ3v) is 3.69. The lowest BCUT2D eigenvalue weighted by Crippen LogP contribution is -2.08. The highest BCUT2D eigenvalue weighted by atomic mass is 32.2. The molecule has 0 saturated carbocycles. The summed E-state index contributed by atoms with van der Waals surface area (Å²) in [4.78, 5) is 11.0. The van der Waals surface area contributed by atoms with Crippen molar-refractivity contribution >= 4 is 34.0 Å². The normalized spacial score (nSPS) is 12.4. The van der Waals surface area contributed by atoms with Crippen LogP contribution < -0.4 is 0 Å². The summed E-state index contributed by atoms with van der Waals surface area (Å²) < 4.78 is 5.96. The lowest BCUT2D eigenvalue weighted by molar-refractivity contribution is -0.117. The predicted octanol–water partition coefficient (Wildman–Crippen LogP) is 3.42. The quantitative estimate of drug-likeness (QED) is 0.740. The number of thioether (sulfide) groups is 1. The van der Waals surface area contributed by atoms with Crippen LogP contribution in [0.1, 0.15) is 31.2 Å². The van der Waals surface area contributed by atoms with Crippen molar-refractivity contribution in [3.05, 3.63) is 24.2 Å². The lowest BCUT2D eigenvalue weighted by Gasteiger charge is -2.13. The van der Waals surface area contributed by atoms with Gasteiger partial charge in [0.2, 0.25) is 0 Å². The zero-order valence-electron chi connectivity index (χ0n) is 8.86. The maximum atomic E-state index is 11.0. The van der Waals surface area contributed by atoms with Gasteiger partial charge in [0.05, 0.1) is 16.7 Å². The third kappa shape index (κ3) is 3.80. The molecule has 0 radical (unpaired) electrons. The lowest BCUT2D eigenvalue weighted by atomic mass is 9.97. The van der Waals surface area contributed by atoms with Crippen molar-refractivity contribution in [1.82, 2.24) is 0 Å². The molecule has 0 aliphatic heterocycles. The van der Waals surface area contributed by atoms with Gasteiger partial charge in [0.25, 0.3) is 0 Å². The van der Waals surface area contributed by atoms with Gasteiger partial charge in [0.1, 0.15) is 5.78 Å². The highest BCUT2D eigenvalue weighted by molar-refractivity contribution is 8.22. The van der Waals surface area contributed by atoms with E-state index in [2.05, 4.69) is 0 Å². The molecule has 0 bridgehead atoms. The molecule has 1 rings (SSSR count). The zero-order chi connectivity index (χ0) is 11.3. The Morgan fingerprint density at radius 1 is 1.67 bits per heavy atom. The van der Waals surface area contributed by atoms with E-state index in [4.69, 9.17) is 16.6 Å². The number of hydrogen-bond acceptors (Lipinski definition) is 4. The summed E-state index contributed by atoms with van der Waals surface area (Å²) >= 11 is 6.85. The van der Waals surface area contributed by atoms with Crippen LogP contribution in [-0.2, 0) is 4.79 Å². The van der Waals surface area contributed by atoms with Crippen LogP contribution in [-0.4, -0.2) is 16.2 Å². The molecule has 0 saturated heterocycles. The van der Waals surface area contributed by atoms with Gasteiger partial charge in [-0.1, -0.05) is 12.2 Å². The number of carbonyl (C=O) groups is 1. The van der Waals surface area contributed by atoms with Crippen LogP contribution >= 0.6 is 24.0 Å². The molecule has 0 aromatic carbocycles. The topological polar surface area (TPSA) is 30.2 Å². The monoisotopic (exact) mass is 242 g/mol. The van der Waals surface area contributed by atoms with Crippen LogP contribution in [0, 0.1) is 0 Å². The Bertz CT molecular complexity index is 330. The van der Waals surface area contributed by atoms with E-state index in [1.165, 1.54) is 0 Å². The number of carbonyl (C=O) groups excluding carboxylic acids is 1. The Morgan fingerprint density at radius 3 is 2.87 bits per heavy atom. The maximum Gasteiger partial charge on any atom is 0.129 e. The maximum absolute atomic E-state index is 11.0. The van der Waals surface area contributed by atoms with E-state index in [1.54, 1.807) is 31.2 Å². The van der Waals surface area contributed by atoms with Gasteiger partial charge >= 0.3 is 0 Å². The van der Waals surface area contributed by atoms with Crippen LogP contribution in [0.3, 0.4) is 0 Å². The van der Waals surface area contributed by atoms with Gasteiger partial charge in [-0.25, -0.2) is 0 Å². The molecule has 0 unspecified atom stereocenters. The van der Waals surface area contributed by atoms with Crippen LogP contribution in [0.25, 0.3) is 0 Å². The summed E-state index contributed by atoms with van der Waals surface area (Å²) in [5, 5.41) is 0. The van der Waals surface area contributed by atoms with Crippen LogP contribution in [0.5, 0.6) is 0 Å². The van der Waals surface area contributed by atoms with Gasteiger partial charge in [-0.2, -0.15) is 0 Å². The second kappa shape index (κ2) is 6.08. The predicted molar refractivity (Wildman–Crippen MR) is 67.5 cm³/mol. The van der Waals surface area contributed by atoms with E-state index in [9.17, 15) is 4.79 Å². The van der Waals surface area contributed by atoms with Crippen molar-refractivity contribution in [1.29, 1.82) is 0 Å². The minimum absolute atomic E-state index is 0.151. The average Bonchev–Trinajstić information content (AvgIpc) is 2.70. The Balaban J connectivity index is 2.70. The van der Waals surface area contributed by atoms with Crippen LogP contribution in [0.2, 0.25) is 0 Å². The van der Waals surface area contributed by atoms with Gasteiger partial charge < -0.3 is 9.21 Å². The third-order valence-electron chi connectivity index (χ3n) is 2.22. The molecule has 0 aliphatic carbocycles. The van der Waals surface area contributed by atoms with Gasteiger partial charge in [-0.3, -0.25) is 0 Å². The molecule has 0 fully saturated rings. The first-order chi connectivity index (χ1) is 7.15. The molecule has 0 aliphatic rings. The minimum Gasteiger partial charge on any atom is -0.472 e. The van der Waals surface area contributed by atoms with E-state index < -0.39 is 0 Å². The summed E-state index contributed by atoms with van der Waals surface area (Å²) in [6.45, 7) is 1.61. The summed E-state index contributed by atoms with van der Waals surface area (Å²) in [5.41, 5.74) is 1.07. The van der Waals surface area contributed by atoms with Crippen molar-refractivity contribution in [3.63, 3.8) is 0 Å². The summed E-state index contributed by atoms with van der Waals surface area (Å²) in [5.74, 6) is 0.352. The Morgan fingerprint density at radius 2 is 2.40 bits per heavy atom. The fourth-order valence-corrected chi connectivity index (χ4v) is 2.18. The molecule has 0 N–H and O–H groups in total. The number of Topliss-reactive ketones (excluding diaryl/α,β-unsaturated/α-hetero) is 1. The van der Waals surface area contributed by atoms with Gasteiger partial charge in [0, 0.05) is 12.3 Å². The Hall–Kier alpha value is -0.610. The molecule has 0 spiro atoms. The first-order valence-electron chi connectivity index (χ1n) is 4.74. The summed E-state index contributed by atoms with van der Waals surface area (Å²) in [6, 6.07) is 1.91. The first kappa shape index (κ1) is 12.5. The fourth-order valence-electron chi connectivity index (χ4n) is 1.38. The number of rotatable bonds is 5. The van der Waals surface area contributed by atoms with Gasteiger partial charge in [0.15, 0.2) is 0 Å². The molecule has 1 atom stereocenters. The molecule has 1 aromatic rings. The van der Waals surface area contributed by atoms with Crippen molar-refractivity contribution in [2.75, 3.05) is 6.26 Å². The van der Waals surface area contributed by atoms with E-state index in [0.29, 0.717) is 6.42 Å². The Labute approximate surface area is 99.4 Å². The van der Waals surface area contributed by atoms with Crippen LogP contribution in [0.4, 0.5) is 0 Å². The molecular weight excluding hydrogens is 228 g/mol. The largest absolute Gasteiger partial charge is 0.472 e. The standard InChI is InChI=1S/C11H14O2S2/c1-8(12)3-4-10(11(14)15-2)9-5-6-13-7-9/h5-7,10H,3-4H2,1-2H3/t10-/m1/s1. The number of thiocarbonyl (C=S) groups is 1. The van der Waals surface area contributed by atoms with Crippen molar-refractivity contribution in [2.24, 2.45) is 0 Å². The number of ketones is 1. The number of hydrogen-bond donors (Lipinski definition) is 0. The smallest absolute Gasteiger partial charge is 0.129 e. The molecule has 15 heavy (non-hydrogen) atoms. The van der Waals surface area contributed by atoms with Crippen LogP contribution in [0.15, 0.2) is 23.0 Å². The average molecular weight is 242 g/mol. The number of furan rings is 1. The molecular formula is C11H14O2S2. The van der Waals surface area contributed by atoms with E-state index >= 15 is 0 Å². The molecule has 82 valence electrons. The molecule has 0 amide bonds. The molecule has 1 heterocycles. The molecule has 1 aromatic heterocycles. The van der Waals surface area contributed by atoms with Gasteiger partial charge in [-0.15, -0.1) is 11.8 Å². The highest BCUT2D eigenvalue weighted by Gasteiger charge is 2.17. The highest BCUT2D eigenvalue weighted by Crippen LogP contribution is 2.28. The Kier molecular flexibility index (Phi) is 5.05. The molecule has 2 nitrogen and oxygen atoms in total. The van der Waals surface area contributed by atoms with Crippen molar-refractivity contribution < 1.29 is 9.21 Å².